The van der Waals surface area contributed by atoms with Crippen LogP contribution >= 0.6 is 11.6 Å². The van der Waals surface area contributed by atoms with Crippen molar-refractivity contribution in [3.63, 3.8) is 0 Å². The van der Waals surface area contributed by atoms with Gasteiger partial charge in [-0.25, -0.2) is 0 Å². The molecule has 0 aliphatic carbocycles. The molecule has 17 heavy (non-hydrogen) atoms. The van der Waals surface area contributed by atoms with E-state index in [1.165, 1.54) is 0 Å². The Labute approximate surface area is 108 Å². The fourth-order valence-electron chi connectivity index (χ4n) is 1.87. The Morgan fingerprint density at radius 3 is 2.65 bits per heavy atom. The van der Waals surface area contributed by atoms with Gasteiger partial charge in [-0.3, -0.25) is 0 Å². The van der Waals surface area contributed by atoms with Crippen molar-refractivity contribution in [3.8, 4) is 0 Å². The van der Waals surface area contributed by atoms with Gasteiger partial charge in [0.25, 0.3) is 0 Å². The molecule has 96 valence electrons. The molecule has 0 aromatic heterocycles. The minimum absolute atomic E-state index is 0.196. The van der Waals surface area contributed by atoms with Crippen LogP contribution in [0, 0.1) is 0 Å². The van der Waals surface area contributed by atoms with Gasteiger partial charge in [0.05, 0.1) is 0 Å². The molecule has 0 radical (unpaired) electrons. The van der Waals surface area contributed by atoms with E-state index >= 15 is 0 Å². The van der Waals surface area contributed by atoms with E-state index in [0.717, 1.165) is 24.2 Å². The smallest absolute Gasteiger partial charge is 0.0447 e. The quantitative estimate of drug-likeness (QED) is 0.822. The van der Waals surface area contributed by atoms with Crippen LogP contribution in [-0.2, 0) is 6.54 Å². The molecular weight excluding hydrogens is 236 g/mol. The first kappa shape index (κ1) is 14.3. The van der Waals surface area contributed by atoms with Crippen LogP contribution in [0.15, 0.2) is 18.2 Å². The van der Waals surface area contributed by atoms with E-state index in [4.69, 9.17) is 22.4 Å². The summed E-state index contributed by atoms with van der Waals surface area (Å²) in [6.45, 7) is 5.75. The number of hydrogen-bond acceptors (Lipinski definition) is 3. The normalized spacial score (nSPS) is 10.9. The van der Waals surface area contributed by atoms with Gasteiger partial charge in [-0.1, -0.05) is 17.7 Å². The fourth-order valence-corrected chi connectivity index (χ4v) is 2.04. The van der Waals surface area contributed by atoms with Crippen molar-refractivity contribution in [2.45, 2.75) is 32.9 Å². The Hall–Kier alpha value is -0.770. The van der Waals surface area contributed by atoms with E-state index < -0.39 is 0 Å². The number of halogens is 1. The summed E-state index contributed by atoms with van der Waals surface area (Å²) in [6.07, 6.45) is 0.745. The van der Waals surface area contributed by atoms with Crippen molar-refractivity contribution < 1.29 is 5.11 Å². The molecule has 0 unspecified atom stereocenters. The van der Waals surface area contributed by atoms with Gasteiger partial charge in [0, 0.05) is 36.4 Å². The van der Waals surface area contributed by atoms with Crippen molar-refractivity contribution in [3.05, 3.63) is 28.8 Å². The SMILES string of the molecule is CC(C)N(CCCO)c1cc(Cl)ccc1CN. The monoisotopic (exact) mass is 256 g/mol. The molecule has 0 atom stereocenters. The Bertz CT molecular complexity index is 355. The Morgan fingerprint density at radius 2 is 2.12 bits per heavy atom. The van der Waals surface area contributed by atoms with Gasteiger partial charge in [-0.2, -0.15) is 0 Å². The zero-order valence-electron chi connectivity index (χ0n) is 10.5. The lowest BCUT2D eigenvalue weighted by Gasteiger charge is -2.31. The third kappa shape index (κ3) is 3.87. The standard InChI is InChI=1S/C13H21ClN2O/c1-10(2)16(6-3-7-17)13-8-12(14)5-4-11(13)9-15/h4-5,8,10,17H,3,6-7,9,15H2,1-2H3. The van der Waals surface area contributed by atoms with E-state index in [1.54, 1.807) is 0 Å². The second-order valence-electron chi connectivity index (χ2n) is 4.34. The molecule has 0 fully saturated rings. The van der Waals surface area contributed by atoms with E-state index in [9.17, 15) is 0 Å². The van der Waals surface area contributed by atoms with E-state index in [2.05, 4.69) is 18.7 Å². The molecule has 0 heterocycles. The first-order valence-electron chi connectivity index (χ1n) is 5.96. The number of aliphatic hydroxyl groups is 1. The molecule has 0 bridgehead atoms. The highest BCUT2D eigenvalue weighted by Gasteiger charge is 2.14. The maximum absolute atomic E-state index is 8.95. The van der Waals surface area contributed by atoms with Gasteiger partial charge in [0.1, 0.15) is 0 Å². The van der Waals surface area contributed by atoms with Crippen molar-refractivity contribution in [2.75, 3.05) is 18.1 Å². The third-order valence-corrected chi connectivity index (χ3v) is 2.99. The molecule has 0 aliphatic heterocycles. The van der Waals surface area contributed by atoms with Crippen LogP contribution in [-0.4, -0.2) is 24.3 Å². The van der Waals surface area contributed by atoms with Gasteiger partial charge in [0.15, 0.2) is 0 Å². The van der Waals surface area contributed by atoms with Gasteiger partial charge in [0.2, 0.25) is 0 Å². The minimum atomic E-state index is 0.196. The second-order valence-corrected chi connectivity index (χ2v) is 4.78. The van der Waals surface area contributed by atoms with Gasteiger partial charge in [-0.05, 0) is 38.0 Å². The lowest BCUT2D eigenvalue weighted by Crippen LogP contribution is -2.33. The Morgan fingerprint density at radius 1 is 1.41 bits per heavy atom. The molecule has 1 aromatic carbocycles. The zero-order chi connectivity index (χ0) is 12.8. The molecule has 3 N–H and O–H groups in total. The molecule has 0 amide bonds. The summed E-state index contributed by atoms with van der Waals surface area (Å²) in [5.41, 5.74) is 7.91. The molecular formula is C13H21ClN2O. The highest BCUT2D eigenvalue weighted by molar-refractivity contribution is 6.30. The lowest BCUT2D eigenvalue weighted by molar-refractivity contribution is 0.288. The summed E-state index contributed by atoms with van der Waals surface area (Å²) in [5.74, 6) is 0. The average molecular weight is 257 g/mol. The molecule has 0 saturated heterocycles. The van der Waals surface area contributed by atoms with E-state index in [1.807, 2.05) is 18.2 Å². The summed E-state index contributed by atoms with van der Waals surface area (Å²) >= 11 is 6.04. The predicted octanol–water partition coefficient (Wildman–Crippen LogP) is 2.40. The lowest BCUT2D eigenvalue weighted by atomic mass is 10.1. The average Bonchev–Trinajstić information content (AvgIpc) is 2.29. The number of anilines is 1. The van der Waals surface area contributed by atoms with Crippen LogP contribution in [0.3, 0.4) is 0 Å². The summed E-state index contributed by atoms with van der Waals surface area (Å²) < 4.78 is 0. The number of benzene rings is 1. The fraction of sp³-hybridized carbons (Fsp3) is 0.538. The van der Waals surface area contributed by atoms with Crippen molar-refractivity contribution in [1.29, 1.82) is 0 Å². The highest BCUT2D eigenvalue weighted by atomic mass is 35.5. The van der Waals surface area contributed by atoms with Gasteiger partial charge >= 0.3 is 0 Å². The number of nitrogens with two attached hydrogens (primary N) is 1. The highest BCUT2D eigenvalue weighted by Crippen LogP contribution is 2.26. The predicted molar refractivity (Wildman–Crippen MR) is 73.5 cm³/mol. The first-order chi connectivity index (χ1) is 8.10. The van der Waals surface area contributed by atoms with Crippen LogP contribution in [0.25, 0.3) is 0 Å². The molecule has 0 saturated carbocycles. The number of nitrogens with zero attached hydrogens (tertiary/aromatic N) is 1. The number of hydrogen-bond donors (Lipinski definition) is 2. The maximum Gasteiger partial charge on any atom is 0.0447 e. The molecule has 0 spiro atoms. The van der Waals surface area contributed by atoms with Crippen LogP contribution < -0.4 is 10.6 Å². The maximum atomic E-state index is 8.95. The first-order valence-corrected chi connectivity index (χ1v) is 6.34. The van der Waals surface area contributed by atoms with Crippen LogP contribution in [0.4, 0.5) is 5.69 Å². The van der Waals surface area contributed by atoms with E-state index in [-0.39, 0.29) is 6.61 Å². The van der Waals surface area contributed by atoms with Crippen molar-refractivity contribution in [2.24, 2.45) is 5.73 Å². The molecule has 1 rings (SSSR count). The van der Waals surface area contributed by atoms with Crippen molar-refractivity contribution >= 4 is 17.3 Å². The molecule has 0 aliphatic rings. The summed E-state index contributed by atoms with van der Waals surface area (Å²) in [5, 5.41) is 9.66. The largest absolute Gasteiger partial charge is 0.396 e. The Balaban J connectivity index is 3.02. The number of aliphatic hydroxyl groups excluding tert-OH is 1. The van der Waals surface area contributed by atoms with Crippen LogP contribution in [0.1, 0.15) is 25.8 Å². The number of rotatable bonds is 6. The minimum Gasteiger partial charge on any atom is -0.396 e. The van der Waals surface area contributed by atoms with E-state index in [0.29, 0.717) is 17.6 Å². The topological polar surface area (TPSA) is 49.5 Å². The summed E-state index contributed by atoms with van der Waals surface area (Å²) in [7, 11) is 0. The Kier molecular flexibility index (Phi) is 5.75. The van der Waals surface area contributed by atoms with Crippen LogP contribution in [0.5, 0.6) is 0 Å². The van der Waals surface area contributed by atoms with Gasteiger partial charge in [-0.15, -0.1) is 0 Å². The third-order valence-electron chi connectivity index (χ3n) is 2.76. The van der Waals surface area contributed by atoms with Crippen molar-refractivity contribution in [1.82, 2.24) is 0 Å². The van der Waals surface area contributed by atoms with Gasteiger partial charge < -0.3 is 15.7 Å². The second kappa shape index (κ2) is 6.84. The summed E-state index contributed by atoms with van der Waals surface area (Å²) in [4.78, 5) is 2.23. The zero-order valence-corrected chi connectivity index (χ0v) is 11.2. The molecule has 3 nitrogen and oxygen atoms in total. The molecule has 4 heteroatoms. The summed E-state index contributed by atoms with van der Waals surface area (Å²) in [6, 6.07) is 6.12. The molecule has 1 aromatic rings. The van der Waals surface area contributed by atoms with Crippen LogP contribution in [0.2, 0.25) is 5.02 Å².